The largest absolute Gasteiger partial charge is 0.283 e. The Bertz CT molecular complexity index is 379. The third-order valence-corrected chi connectivity index (χ3v) is 1.66. The van der Waals surface area contributed by atoms with Crippen molar-refractivity contribution >= 4 is 16.7 Å². The van der Waals surface area contributed by atoms with Gasteiger partial charge in [0.2, 0.25) is 0 Å². The van der Waals surface area contributed by atoms with Crippen LogP contribution in [-0.4, -0.2) is 22.0 Å². The van der Waals surface area contributed by atoms with Gasteiger partial charge in [0.15, 0.2) is 0 Å². The average molecular weight is 161 g/mol. The minimum atomic E-state index is 0.770. The Hall–Kier alpha value is -1.58. The summed E-state index contributed by atoms with van der Waals surface area (Å²) >= 11 is 0. The van der Waals surface area contributed by atoms with E-state index in [2.05, 4.69) is 20.7 Å². The molecule has 0 bridgehead atoms. The predicted octanol–water partition coefficient (Wildman–Crippen LogP) is 1.21. The van der Waals surface area contributed by atoms with E-state index in [0.717, 1.165) is 23.3 Å². The number of benzene rings is 1. The second kappa shape index (κ2) is 2.81. The van der Waals surface area contributed by atoms with Crippen LogP contribution < -0.4 is 5.32 Å². The van der Waals surface area contributed by atoms with E-state index < -0.39 is 0 Å². The standard InChI is InChI=1S/C8H9N4/c1-2-9-6-4-3-5-7-8(6)11-12-10-7/h3-5H,2H2,1H3,(H,10,11,12). The molecule has 0 aliphatic carbocycles. The molecule has 1 radical (unpaired) electrons. The van der Waals surface area contributed by atoms with Gasteiger partial charge in [0.25, 0.3) is 0 Å². The molecule has 0 saturated heterocycles. The van der Waals surface area contributed by atoms with Crippen molar-refractivity contribution in [3.8, 4) is 0 Å². The third kappa shape index (κ3) is 1.01. The quantitative estimate of drug-likeness (QED) is 0.719. The summed E-state index contributed by atoms with van der Waals surface area (Å²) in [5.74, 6) is 0. The van der Waals surface area contributed by atoms with Gasteiger partial charge in [-0.1, -0.05) is 11.3 Å². The van der Waals surface area contributed by atoms with Crippen LogP contribution in [0.1, 0.15) is 6.92 Å². The van der Waals surface area contributed by atoms with Crippen molar-refractivity contribution in [2.24, 2.45) is 0 Å². The molecule has 0 aliphatic rings. The van der Waals surface area contributed by atoms with E-state index in [4.69, 9.17) is 0 Å². The first kappa shape index (κ1) is 7.09. The molecule has 4 nitrogen and oxygen atoms in total. The number of nitrogens with one attached hydrogen (secondary N) is 1. The lowest BCUT2D eigenvalue weighted by Crippen LogP contribution is -1.95. The molecule has 0 aliphatic heterocycles. The molecule has 0 saturated carbocycles. The third-order valence-electron chi connectivity index (χ3n) is 1.66. The number of hydrogen-bond acceptors (Lipinski definition) is 2. The van der Waals surface area contributed by atoms with Gasteiger partial charge in [0.05, 0.1) is 11.2 Å². The molecule has 0 unspecified atom stereocenters. The average Bonchev–Trinajstić information content (AvgIpc) is 2.53. The minimum absolute atomic E-state index is 0.770. The summed E-state index contributed by atoms with van der Waals surface area (Å²) in [6, 6.07) is 5.81. The SMILES string of the molecule is CC[N]c1cccc2[nH]nnc12. The van der Waals surface area contributed by atoms with Crippen LogP contribution in [0.3, 0.4) is 0 Å². The van der Waals surface area contributed by atoms with Crippen LogP contribution in [-0.2, 0) is 0 Å². The smallest absolute Gasteiger partial charge is 0.138 e. The van der Waals surface area contributed by atoms with Crippen molar-refractivity contribution in [3.63, 3.8) is 0 Å². The van der Waals surface area contributed by atoms with Crippen molar-refractivity contribution in [1.82, 2.24) is 20.7 Å². The highest BCUT2D eigenvalue weighted by Gasteiger charge is 2.02. The molecule has 12 heavy (non-hydrogen) atoms. The van der Waals surface area contributed by atoms with Gasteiger partial charge in [-0.3, -0.25) is 10.4 Å². The molecule has 2 aromatic rings. The number of fused-ring (bicyclic) bond motifs is 1. The van der Waals surface area contributed by atoms with Crippen LogP contribution in [0.25, 0.3) is 11.0 Å². The van der Waals surface area contributed by atoms with Gasteiger partial charge in [-0.15, -0.1) is 5.10 Å². The first-order chi connectivity index (χ1) is 5.92. The van der Waals surface area contributed by atoms with Gasteiger partial charge < -0.3 is 0 Å². The zero-order valence-electron chi connectivity index (χ0n) is 6.78. The topological polar surface area (TPSA) is 55.7 Å². The van der Waals surface area contributed by atoms with Crippen molar-refractivity contribution < 1.29 is 0 Å². The van der Waals surface area contributed by atoms with Crippen molar-refractivity contribution in [1.29, 1.82) is 0 Å². The molecule has 0 amide bonds. The van der Waals surface area contributed by atoms with Crippen LogP contribution >= 0.6 is 0 Å². The van der Waals surface area contributed by atoms with Crippen molar-refractivity contribution in [2.75, 3.05) is 6.54 Å². The fourth-order valence-corrected chi connectivity index (χ4v) is 1.15. The van der Waals surface area contributed by atoms with Crippen molar-refractivity contribution in [2.45, 2.75) is 6.92 Å². The van der Waals surface area contributed by atoms with Crippen LogP contribution in [0.4, 0.5) is 5.69 Å². The van der Waals surface area contributed by atoms with Crippen LogP contribution in [0.2, 0.25) is 0 Å². The summed E-state index contributed by atoms with van der Waals surface area (Å²) in [4.78, 5) is 0. The molecular weight excluding hydrogens is 152 g/mol. The van der Waals surface area contributed by atoms with Crippen LogP contribution in [0.15, 0.2) is 18.2 Å². The fourth-order valence-electron chi connectivity index (χ4n) is 1.15. The van der Waals surface area contributed by atoms with E-state index in [0.29, 0.717) is 0 Å². The number of rotatable bonds is 2. The van der Waals surface area contributed by atoms with E-state index in [9.17, 15) is 0 Å². The Balaban J connectivity index is 2.57. The molecule has 2 rings (SSSR count). The maximum atomic E-state index is 4.28. The summed E-state index contributed by atoms with van der Waals surface area (Å²) in [6.07, 6.45) is 0. The molecule has 0 fully saturated rings. The van der Waals surface area contributed by atoms with Gasteiger partial charge in [-0.05, 0) is 19.1 Å². The predicted molar refractivity (Wildman–Crippen MR) is 46.2 cm³/mol. The summed E-state index contributed by atoms with van der Waals surface area (Å²) in [7, 11) is 0. The molecule has 1 aromatic carbocycles. The maximum absolute atomic E-state index is 4.28. The first-order valence-corrected chi connectivity index (χ1v) is 3.89. The van der Waals surface area contributed by atoms with Crippen LogP contribution in [0.5, 0.6) is 0 Å². The normalized spacial score (nSPS) is 10.4. The van der Waals surface area contributed by atoms with Gasteiger partial charge in [0.1, 0.15) is 5.52 Å². The second-order valence-corrected chi connectivity index (χ2v) is 2.46. The number of nitrogens with zero attached hydrogens (tertiary/aromatic N) is 3. The van der Waals surface area contributed by atoms with E-state index >= 15 is 0 Å². The van der Waals surface area contributed by atoms with Gasteiger partial charge in [0, 0.05) is 6.54 Å². The number of aromatic nitrogens is 3. The fraction of sp³-hybridized carbons (Fsp3) is 0.250. The lowest BCUT2D eigenvalue weighted by atomic mass is 10.2. The minimum Gasteiger partial charge on any atom is -0.283 e. The zero-order chi connectivity index (χ0) is 8.39. The summed E-state index contributed by atoms with van der Waals surface area (Å²) in [5, 5.41) is 14.7. The Morgan fingerprint density at radius 3 is 3.25 bits per heavy atom. The second-order valence-electron chi connectivity index (χ2n) is 2.46. The highest BCUT2D eigenvalue weighted by molar-refractivity contribution is 5.84. The number of hydrogen-bond donors (Lipinski definition) is 1. The van der Waals surface area contributed by atoms with Gasteiger partial charge in [-0.2, -0.15) is 0 Å². The number of aromatic amines is 1. The van der Waals surface area contributed by atoms with Crippen LogP contribution in [0, 0.1) is 0 Å². The highest BCUT2D eigenvalue weighted by Crippen LogP contribution is 2.18. The van der Waals surface area contributed by atoms with E-state index in [1.807, 2.05) is 25.1 Å². The molecule has 61 valence electrons. The summed E-state index contributed by atoms with van der Waals surface area (Å²) < 4.78 is 0. The molecule has 0 atom stereocenters. The maximum Gasteiger partial charge on any atom is 0.138 e. The summed E-state index contributed by atoms with van der Waals surface area (Å²) in [6.45, 7) is 2.77. The van der Waals surface area contributed by atoms with E-state index in [1.54, 1.807) is 0 Å². The Kier molecular flexibility index (Phi) is 1.66. The zero-order valence-corrected chi connectivity index (χ0v) is 6.78. The van der Waals surface area contributed by atoms with E-state index in [1.165, 1.54) is 0 Å². The Labute approximate surface area is 70.0 Å². The molecular formula is C8H9N4. The molecule has 0 spiro atoms. The molecule has 4 heteroatoms. The molecule has 1 heterocycles. The molecule has 1 aromatic heterocycles. The molecule has 1 N–H and O–H groups in total. The number of H-pyrrole nitrogens is 1. The van der Waals surface area contributed by atoms with Gasteiger partial charge >= 0.3 is 0 Å². The lowest BCUT2D eigenvalue weighted by molar-refractivity contribution is 0.911. The monoisotopic (exact) mass is 161 g/mol. The lowest BCUT2D eigenvalue weighted by Gasteiger charge is -1.97. The Morgan fingerprint density at radius 2 is 2.42 bits per heavy atom. The first-order valence-electron chi connectivity index (χ1n) is 3.89. The van der Waals surface area contributed by atoms with Crippen molar-refractivity contribution in [3.05, 3.63) is 18.2 Å². The van der Waals surface area contributed by atoms with E-state index in [-0.39, 0.29) is 0 Å². The summed E-state index contributed by atoms with van der Waals surface area (Å²) in [5.41, 5.74) is 2.69. The van der Waals surface area contributed by atoms with Gasteiger partial charge in [-0.25, -0.2) is 0 Å². The highest BCUT2D eigenvalue weighted by atomic mass is 15.3. The Morgan fingerprint density at radius 1 is 1.50 bits per heavy atom.